The van der Waals surface area contributed by atoms with Gasteiger partial charge in [0.25, 0.3) is 0 Å². The topological polar surface area (TPSA) is 76.0 Å². The van der Waals surface area contributed by atoms with Gasteiger partial charge >= 0.3 is 5.97 Å². The van der Waals surface area contributed by atoms with Crippen LogP contribution < -0.4 is 0 Å². The molecule has 0 bridgehead atoms. The molecule has 0 saturated heterocycles. The van der Waals surface area contributed by atoms with E-state index in [-0.39, 0.29) is 29.8 Å². The predicted octanol–water partition coefficient (Wildman–Crippen LogP) is 9.78. The molecule has 5 heteroatoms. The summed E-state index contributed by atoms with van der Waals surface area (Å²) in [7, 11) is 0. The number of aliphatic hydroxyl groups is 1. The van der Waals surface area contributed by atoms with Crippen LogP contribution in [0.3, 0.4) is 0 Å². The number of phenolic OH excluding ortho intramolecular Hbond substituents is 1. The average molecular weight is 577 g/mol. The van der Waals surface area contributed by atoms with Gasteiger partial charge in [-0.2, -0.15) is 0 Å². The second-order valence-electron chi connectivity index (χ2n) is 14.1. The average Bonchev–Trinajstić information content (AvgIpc) is 2.89. The summed E-state index contributed by atoms with van der Waals surface area (Å²) >= 11 is 0. The number of ether oxygens (including phenoxy) is 2. The Morgan fingerprint density at radius 2 is 1.07 bits per heavy atom. The minimum absolute atomic E-state index is 0.117. The molecule has 5 nitrogen and oxygen atoms in total. The molecule has 1 aromatic carbocycles. The number of rotatable bonds is 22. The first kappa shape index (κ1) is 37.4. The number of carbonyl (C=O) groups is 1. The lowest BCUT2D eigenvalue weighted by atomic mass is 9.78. The quantitative estimate of drug-likeness (QED) is 0.106. The van der Waals surface area contributed by atoms with Crippen molar-refractivity contribution in [2.75, 3.05) is 19.8 Å². The molecule has 0 radical (unpaired) electrons. The largest absolute Gasteiger partial charge is 0.507 e. The number of phenols is 1. The fourth-order valence-corrected chi connectivity index (χ4v) is 5.17. The minimum Gasteiger partial charge on any atom is -0.507 e. The van der Waals surface area contributed by atoms with Gasteiger partial charge in [0.15, 0.2) is 0 Å². The van der Waals surface area contributed by atoms with Crippen LogP contribution >= 0.6 is 0 Å². The van der Waals surface area contributed by atoms with Crippen LogP contribution in [0.25, 0.3) is 0 Å². The van der Waals surface area contributed by atoms with Crippen LogP contribution in [0.4, 0.5) is 0 Å². The summed E-state index contributed by atoms with van der Waals surface area (Å²) in [5.74, 6) is -0.276. The highest BCUT2D eigenvalue weighted by Gasteiger charge is 2.28. The molecule has 0 saturated carbocycles. The van der Waals surface area contributed by atoms with Crippen molar-refractivity contribution in [3.8, 4) is 5.75 Å². The smallest absolute Gasteiger partial charge is 0.338 e. The summed E-state index contributed by atoms with van der Waals surface area (Å²) in [6.45, 7) is 15.0. The second-order valence-corrected chi connectivity index (χ2v) is 14.1. The number of hydrogen-bond donors (Lipinski definition) is 2. The van der Waals surface area contributed by atoms with Crippen molar-refractivity contribution in [3.63, 3.8) is 0 Å². The van der Waals surface area contributed by atoms with Crippen molar-refractivity contribution in [1.29, 1.82) is 0 Å². The van der Waals surface area contributed by atoms with Gasteiger partial charge in [0.05, 0.1) is 12.2 Å². The van der Waals surface area contributed by atoms with Gasteiger partial charge in [-0.1, -0.05) is 145 Å². The van der Waals surface area contributed by atoms with Crippen LogP contribution in [0.2, 0.25) is 0 Å². The summed E-state index contributed by atoms with van der Waals surface area (Å²) in [5, 5.41) is 21.1. The van der Waals surface area contributed by atoms with Crippen molar-refractivity contribution >= 4 is 5.97 Å². The Bertz CT molecular complexity index is 798. The van der Waals surface area contributed by atoms with E-state index in [1.165, 1.54) is 89.9 Å². The first-order chi connectivity index (χ1) is 19.4. The van der Waals surface area contributed by atoms with Gasteiger partial charge in [-0.15, -0.1) is 0 Å². The van der Waals surface area contributed by atoms with Gasteiger partial charge in [-0.3, -0.25) is 0 Å². The van der Waals surface area contributed by atoms with E-state index < -0.39 is 12.1 Å². The number of unbranched alkanes of at least 4 members (excludes halogenated alkanes) is 15. The van der Waals surface area contributed by atoms with Crippen molar-refractivity contribution in [3.05, 3.63) is 28.8 Å². The summed E-state index contributed by atoms with van der Waals surface area (Å²) in [4.78, 5) is 12.8. The highest BCUT2D eigenvalue weighted by Crippen LogP contribution is 2.39. The maximum atomic E-state index is 12.8. The van der Waals surface area contributed by atoms with E-state index in [1.54, 1.807) is 12.1 Å². The first-order valence-electron chi connectivity index (χ1n) is 16.7. The second kappa shape index (κ2) is 20.3. The fraction of sp³-hybridized carbons (Fsp3) is 0.806. The molecule has 0 aliphatic rings. The minimum atomic E-state index is -0.860. The zero-order chi connectivity index (χ0) is 30.7. The van der Waals surface area contributed by atoms with E-state index >= 15 is 0 Å². The Balaban J connectivity index is 2.14. The molecule has 0 aliphatic heterocycles. The third-order valence-electron chi connectivity index (χ3n) is 7.82. The first-order valence-corrected chi connectivity index (χ1v) is 16.7. The van der Waals surface area contributed by atoms with E-state index in [9.17, 15) is 15.0 Å². The molecule has 0 heterocycles. The van der Waals surface area contributed by atoms with E-state index in [0.717, 1.165) is 12.8 Å². The highest BCUT2D eigenvalue weighted by molar-refractivity contribution is 5.90. The molecule has 238 valence electrons. The maximum absolute atomic E-state index is 12.8. The molecule has 2 N–H and O–H groups in total. The molecule has 0 fully saturated rings. The Morgan fingerprint density at radius 3 is 1.46 bits per heavy atom. The Morgan fingerprint density at radius 1 is 0.683 bits per heavy atom. The van der Waals surface area contributed by atoms with Gasteiger partial charge in [-0.25, -0.2) is 4.79 Å². The van der Waals surface area contributed by atoms with Gasteiger partial charge in [0.2, 0.25) is 0 Å². The molecular formula is C36H64O5. The molecule has 0 aromatic heterocycles. The predicted molar refractivity (Wildman–Crippen MR) is 172 cm³/mol. The molecule has 0 amide bonds. The van der Waals surface area contributed by atoms with Gasteiger partial charge in [-0.05, 0) is 29.4 Å². The van der Waals surface area contributed by atoms with Gasteiger partial charge in [0.1, 0.15) is 18.5 Å². The summed E-state index contributed by atoms with van der Waals surface area (Å²) in [6, 6.07) is 3.40. The highest BCUT2D eigenvalue weighted by atomic mass is 16.5. The Kier molecular flexibility index (Phi) is 18.6. The van der Waals surface area contributed by atoms with Gasteiger partial charge < -0.3 is 19.7 Å². The number of aliphatic hydroxyl groups excluding tert-OH is 1. The zero-order valence-corrected chi connectivity index (χ0v) is 27.8. The van der Waals surface area contributed by atoms with E-state index in [0.29, 0.717) is 23.3 Å². The normalized spacial score (nSPS) is 13.0. The molecular weight excluding hydrogens is 512 g/mol. The summed E-state index contributed by atoms with van der Waals surface area (Å²) in [5.41, 5.74) is 1.14. The lowest BCUT2D eigenvalue weighted by Gasteiger charge is -2.28. The lowest BCUT2D eigenvalue weighted by Crippen LogP contribution is -2.25. The SMILES string of the molecule is CCCCCCCCCCCCCCCCCCOCC(O)COC(=O)c1cc(C(C)(C)C)c(O)c(C(C)(C)C)c1. The molecule has 0 aliphatic carbocycles. The molecule has 1 aromatic rings. The monoisotopic (exact) mass is 576 g/mol. The third-order valence-corrected chi connectivity index (χ3v) is 7.82. The lowest BCUT2D eigenvalue weighted by molar-refractivity contribution is -0.0115. The number of esters is 1. The van der Waals surface area contributed by atoms with Crippen LogP contribution in [-0.2, 0) is 20.3 Å². The number of hydrogen-bond acceptors (Lipinski definition) is 5. The van der Waals surface area contributed by atoms with Crippen LogP contribution in [0.1, 0.15) is 173 Å². The summed E-state index contributed by atoms with van der Waals surface area (Å²) in [6.07, 6.45) is 20.5. The van der Waals surface area contributed by atoms with E-state index in [4.69, 9.17) is 9.47 Å². The molecule has 41 heavy (non-hydrogen) atoms. The molecule has 0 spiro atoms. The number of carbonyl (C=O) groups excluding carboxylic acids is 1. The Hall–Kier alpha value is -1.59. The molecule has 1 unspecified atom stereocenters. The van der Waals surface area contributed by atoms with Crippen molar-refractivity contribution in [1.82, 2.24) is 0 Å². The van der Waals surface area contributed by atoms with Crippen molar-refractivity contribution < 1.29 is 24.5 Å². The van der Waals surface area contributed by atoms with Crippen molar-refractivity contribution in [2.24, 2.45) is 0 Å². The fourth-order valence-electron chi connectivity index (χ4n) is 5.17. The molecule has 1 atom stereocenters. The van der Waals surface area contributed by atoms with E-state index in [2.05, 4.69) is 6.92 Å². The van der Waals surface area contributed by atoms with Crippen LogP contribution in [0.15, 0.2) is 12.1 Å². The van der Waals surface area contributed by atoms with Crippen LogP contribution in [-0.4, -0.2) is 42.1 Å². The number of aromatic hydroxyl groups is 1. The zero-order valence-electron chi connectivity index (χ0n) is 27.8. The van der Waals surface area contributed by atoms with Crippen LogP contribution in [0, 0.1) is 0 Å². The Labute approximate surface area is 252 Å². The standard InChI is InChI=1S/C36H64O5/c1-8-9-10-11-12-13-14-15-16-17-18-19-20-21-22-23-24-40-27-30(37)28-41-34(39)29-25-31(35(2,3)4)33(38)32(26-29)36(5,6)7/h25-26,30,37-38H,8-24,27-28H2,1-7H3. The molecule has 1 rings (SSSR count). The third kappa shape index (κ3) is 16.6. The number of benzene rings is 1. The maximum Gasteiger partial charge on any atom is 0.338 e. The van der Waals surface area contributed by atoms with Gasteiger partial charge in [0, 0.05) is 17.7 Å². The summed E-state index contributed by atoms with van der Waals surface area (Å²) < 4.78 is 11.0. The van der Waals surface area contributed by atoms with Crippen LogP contribution in [0.5, 0.6) is 5.75 Å². The van der Waals surface area contributed by atoms with E-state index in [1.807, 2.05) is 41.5 Å². The van der Waals surface area contributed by atoms with Crippen molar-refractivity contribution in [2.45, 2.75) is 168 Å².